The van der Waals surface area contributed by atoms with Gasteiger partial charge in [0.05, 0.1) is 6.61 Å². The molecule has 0 aliphatic heterocycles. The monoisotopic (exact) mass is 296 g/mol. The molecule has 0 fully saturated rings. The average Bonchev–Trinajstić information content (AvgIpc) is 2.40. The summed E-state index contributed by atoms with van der Waals surface area (Å²) >= 11 is 0.957. The van der Waals surface area contributed by atoms with E-state index in [1.165, 1.54) is 24.3 Å². The van der Waals surface area contributed by atoms with Crippen molar-refractivity contribution in [3.8, 4) is 28.7 Å². The highest BCUT2D eigenvalue weighted by atomic mass is 32.2. The van der Waals surface area contributed by atoms with Crippen molar-refractivity contribution in [2.24, 2.45) is 0 Å². The van der Waals surface area contributed by atoms with E-state index in [2.05, 4.69) is 0 Å². The van der Waals surface area contributed by atoms with Crippen molar-refractivity contribution in [1.29, 1.82) is 0 Å². The van der Waals surface area contributed by atoms with Gasteiger partial charge in [-0.15, -0.1) is 0 Å². The third kappa shape index (κ3) is 3.19. The minimum Gasteiger partial charge on any atom is -0.504 e. The van der Waals surface area contributed by atoms with Crippen LogP contribution in [0.1, 0.15) is 5.56 Å². The first-order valence-electron chi connectivity index (χ1n) is 5.52. The van der Waals surface area contributed by atoms with Gasteiger partial charge in [0, 0.05) is 16.9 Å². The minimum atomic E-state index is -0.579. The van der Waals surface area contributed by atoms with Crippen LogP contribution >= 0.6 is 12.0 Å². The summed E-state index contributed by atoms with van der Waals surface area (Å²) in [6, 6.07) is 6.77. The van der Waals surface area contributed by atoms with Gasteiger partial charge in [-0.3, -0.25) is 0 Å². The van der Waals surface area contributed by atoms with Crippen LogP contribution in [-0.2, 0) is 10.8 Å². The van der Waals surface area contributed by atoms with Gasteiger partial charge in [-0.2, -0.15) is 0 Å². The van der Waals surface area contributed by atoms with E-state index in [1.807, 2.05) is 0 Å². The van der Waals surface area contributed by atoms with Crippen LogP contribution in [0.4, 0.5) is 0 Å². The van der Waals surface area contributed by atoms with Gasteiger partial charge >= 0.3 is 0 Å². The molecule has 20 heavy (non-hydrogen) atoms. The summed E-state index contributed by atoms with van der Waals surface area (Å²) in [5.74, 6) is -1.92. The molecule has 0 spiro atoms. The molecule has 0 radical (unpaired) electrons. The van der Waals surface area contributed by atoms with Gasteiger partial charge in [0.2, 0.25) is 0 Å². The molecule has 0 saturated heterocycles. The van der Waals surface area contributed by atoms with Gasteiger partial charge < -0.3 is 29.7 Å². The lowest BCUT2D eigenvalue weighted by molar-refractivity contribution is 0.348. The van der Waals surface area contributed by atoms with E-state index in [0.29, 0.717) is 10.5 Å². The molecule has 0 heterocycles. The number of rotatable bonds is 4. The normalized spacial score (nSPS) is 10.6. The maximum atomic E-state index is 9.33. The van der Waals surface area contributed by atoms with Crippen molar-refractivity contribution in [3.05, 3.63) is 35.9 Å². The highest BCUT2D eigenvalue weighted by molar-refractivity contribution is 7.94. The molecule has 5 N–H and O–H groups in total. The topological polar surface area (TPSA) is 110 Å². The SMILES string of the molecule is Oc1ccc(SOCc2cc(O)c(O)c(O)c2)cc1O. The van der Waals surface area contributed by atoms with Crippen molar-refractivity contribution < 1.29 is 29.7 Å². The number of benzene rings is 2. The predicted molar refractivity (Wildman–Crippen MR) is 71.9 cm³/mol. The van der Waals surface area contributed by atoms with E-state index in [0.717, 1.165) is 12.0 Å². The average molecular weight is 296 g/mol. The molecule has 2 aromatic carbocycles. The van der Waals surface area contributed by atoms with Gasteiger partial charge in [0.1, 0.15) is 0 Å². The molecule has 0 bridgehead atoms. The molecule has 2 rings (SSSR count). The Morgan fingerprint density at radius 1 is 0.800 bits per heavy atom. The Kier molecular flexibility index (Phi) is 4.11. The second-order valence-corrected chi connectivity index (χ2v) is 4.85. The summed E-state index contributed by atoms with van der Waals surface area (Å²) in [5, 5.41) is 46.3. The Morgan fingerprint density at radius 3 is 2.05 bits per heavy atom. The van der Waals surface area contributed by atoms with E-state index in [1.54, 1.807) is 6.07 Å². The van der Waals surface area contributed by atoms with Gasteiger partial charge in [-0.25, -0.2) is 0 Å². The minimum absolute atomic E-state index is 0.0632. The first-order chi connectivity index (χ1) is 9.47. The summed E-state index contributed by atoms with van der Waals surface area (Å²) in [6.07, 6.45) is 0. The van der Waals surface area contributed by atoms with Crippen LogP contribution in [0.2, 0.25) is 0 Å². The summed E-state index contributed by atoms with van der Waals surface area (Å²) in [5.41, 5.74) is 0.466. The smallest absolute Gasteiger partial charge is 0.200 e. The molecule has 7 heteroatoms. The molecule has 0 unspecified atom stereocenters. The molecule has 0 amide bonds. The summed E-state index contributed by atoms with van der Waals surface area (Å²) in [6.45, 7) is 0.0632. The first-order valence-corrected chi connectivity index (χ1v) is 6.27. The van der Waals surface area contributed by atoms with Crippen LogP contribution in [0.5, 0.6) is 28.7 Å². The second-order valence-electron chi connectivity index (χ2n) is 3.98. The van der Waals surface area contributed by atoms with Crippen molar-refractivity contribution in [2.75, 3.05) is 0 Å². The predicted octanol–water partition coefficient (Wildman–Crippen LogP) is 2.44. The van der Waals surface area contributed by atoms with E-state index in [-0.39, 0.29) is 18.1 Å². The summed E-state index contributed by atoms with van der Waals surface area (Å²) in [4.78, 5) is 0.576. The fourth-order valence-electron chi connectivity index (χ4n) is 1.46. The lowest BCUT2D eigenvalue weighted by Gasteiger charge is -2.07. The number of hydrogen-bond acceptors (Lipinski definition) is 7. The lowest BCUT2D eigenvalue weighted by Crippen LogP contribution is -1.86. The fourth-order valence-corrected chi connectivity index (χ4v) is 2.08. The molecule has 0 aromatic heterocycles. The van der Waals surface area contributed by atoms with Crippen molar-refractivity contribution in [1.82, 2.24) is 0 Å². The first kappa shape index (κ1) is 14.2. The highest BCUT2D eigenvalue weighted by Crippen LogP contribution is 2.36. The Morgan fingerprint density at radius 2 is 1.45 bits per heavy atom. The van der Waals surface area contributed by atoms with Crippen LogP contribution in [0.15, 0.2) is 35.2 Å². The van der Waals surface area contributed by atoms with E-state index >= 15 is 0 Å². The Bertz CT molecular complexity index is 605. The molecule has 2 aromatic rings. The Balaban J connectivity index is 1.97. The number of hydrogen-bond donors (Lipinski definition) is 5. The maximum absolute atomic E-state index is 9.33. The van der Waals surface area contributed by atoms with E-state index < -0.39 is 17.2 Å². The van der Waals surface area contributed by atoms with Crippen LogP contribution < -0.4 is 0 Å². The zero-order valence-corrected chi connectivity index (χ0v) is 11.0. The van der Waals surface area contributed by atoms with Crippen LogP contribution in [0, 0.1) is 0 Å². The van der Waals surface area contributed by atoms with Gasteiger partial charge in [0.15, 0.2) is 28.7 Å². The van der Waals surface area contributed by atoms with Gasteiger partial charge in [-0.1, -0.05) is 0 Å². The molecule has 6 nitrogen and oxygen atoms in total. The van der Waals surface area contributed by atoms with Gasteiger partial charge in [0.25, 0.3) is 0 Å². The van der Waals surface area contributed by atoms with Crippen LogP contribution in [-0.4, -0.2) is 25.5 Å². The third-order valence-electron chi connectivity index (χ3n) is 2.46. The Labute approximate surface area is 118 Å². The molecule has 0 atom stereocenters. The van der Waals surface area contributed by atoms with Crippen LogP contribution in [0.3, 0.4) is 0 Å². The second kappa shape index (κ2) is 5.81. The van der Waals surface area contributed by atoms with E-state index in [9.17, 15) is 20.4 Å². The fraction of sp³-hybridized carbons (Fsp3) is 0.0769. The van der Waals surface area contributed by atoms with E-state index in [4.69, 9.17) is 9.29 Å². The van der Waals surface area contributed by atoms with Crippen molar-refractivity contribution >= 4 is 12.0 Å². The van der Waals surface area contributed by atoms with Gasteiger partial charge in [-0.05, 0) is 35.9 Å². The third-order valence-corrected chi connectivity index (χ3v) is 3.14. The standard InChI is InChI=1S/C13H12O6S/c14-9-2-1-8(5-10(9)15)20-19-6-7-3-11(16)13(18)12(17)4-7/h1-5,14-18H,6H2. The molecule has 0 aliphatic carbocycles. The molecule has 0 saturated carbocycles. The molecular weight excluding hydrogens is 284 g/mol. The summed E-state index contributed by atoms with van der Waals surface area (Å²) < 4.78 is 5.27. The number of phenolic OH excluding ortho intramolecular Hbond substituents is 5. The number of aromatic hydroxyl groups is 5. The number of phenols is 5. The Hall–Kier alpha value is -2.25. The quantitative estimate of drug-likeness (QED) is 0.435. The lowest BCUT2D eigenvalue weighted by atomic mass is 10.2. The zero-order chi connectivity index (χ0) is 14.7. The van der Waals surface area contributed by atoms with Crippen LogP contribution in [0.25, 0.3) is 0 Å². The molecule has 0 aliphatic rings. The summed E-state index contributed by atoms with van der Waals surface area (Å²) in [7, 11) is 0. The maximum Gasteiger partial charge on any atom is 0.200 e. The molecular formula is C13H12O6S. The zero-order valence-electron chi connectivity index (χ0n) is 10.1. The molecule has 106 valence electrons. The van der Waals surface area contributed by atoms with Crippen molar-refractivity contribution in [3.63, 3.8) is 0 Å². The largest absolute Gasteiger partial charge is 0.504 e. The highest BCUT2D eigenvalue weighted by Gasteiger charge is 2.08. The van der Waals surface area contributed by atoms with Crippen molar-refractivity contribution in [2.45, 2.75) is 11.5 Å².